The van der Waals surface area contributed by atoms with Crippen molar-refractivity contribution in [2.75, 3.05) is 25.1 Å². The zero-order valence-electron chi connectivity index (χ0n) is 18.3. The molecule has 2 aromatic rings. The third-order valence-corrected chi connectivity index (χ3v) is 6.65. The fourth-order valence-electron chi connectivity index (χ4n) is 2.92. The standard InChI is InChI=1S/C21H32N3O6P/c1-4-29-31(26,30-5-2)14-12-19(17(3)27-15-18-9-7-6-8-10-18)28-16-24-13-11-20(22)23-21(24)25/h6-11,13,17,19H,4-5,12,14-16H2,1-3H3,(H2,22,23,25)/t17-,19+/m0/s1. The van der Waals surface area contributed by atoms with Crippen molar-refractivity contribution < 1.29 is 23.1 Å². The van der Waals surface area contributed by atoms with Gasteiger partial charge in [0.05, 0.1) is 38.2 Å². The van der Waals surface area contributed by atoms with Crippen molar-refractivity contribution in [1.29, 1.82) is 0 Å². The van der Waals surface area contributed by atoms with Crippen LogP contribution in [0.4, 0.5) is 5.82 Å². The number of ether oxygens (including phenoxy) is 2. The monoisotopic (exact) mass is 453 g/mol. The van der Waals surface area contributed by atoms with Crippen molar-refractivity contribution in [3.05, 3.63) is 58.6 Å². The number of hydrogen-bond donors (Lipinski definition) is 1. The molecule has 0 saturated carbocycles. The lowest BCUT2D eigenvalue weighted by atomic mass is 10.1. The van der Waals surface area contributed by atoms with Crippen molar-refractivity contribution in [1.82, 2.24) is 9.55 Å². The first-order chi connectivity index (χ1) is 14.9. The molecule has 0 aliphatic carbocycles. The van der Waals surface area contributed by atoms with Crippen molar-refractivity contribution in [2.24, 2.45) is 0 Å². The molecule has 1 aromatic carbocycles. The van der Waals surface area contributed by atoms with E-state index in [9.17, 15) is 9.36 Å². The first-order valence-electron chi connectivity index (χ1n) is 10.3. The summed E-state index contributed by atoms with van der Waals surface area (Å²) in [5, 5.41) is 0. The number of anilines is 1. The first-order valence-corrected chi connectivity index (χ1v) is 12.1. The van der Waals surface area contributed by atoms with Gasteiger partial charge in [0.25, 0.3) is 0 Å². The van der Waals surface area contributed by atoms with E-state index in [0.717, 1.165) is 5.56 Å². The number of nitrogens with two attached hydrogens (primary N) is 1. The molecular formula is C21H32N3O6P. The molecule has 0 unspecified atom stereocenters. The van der Waals surface area contributed by atoms with Crippen molar-refractivity contribution >= 4 is 13.4 Å². The molecule has 0 amide bonds. The molecule has 10 heteroatoms. The van der Waals surface area contributed by atoms with Crippen LogP contribution in [0.3, 0.4) is 0 Å². The van der Waals surface area contributed by atoms with Crippen LogP contribution < -0.4 is 11.4 Å². The number of hydrogen-bond acceptors (Lipinski definition) is 8. The third-order valence-electron chi connectivity index (χ3n) is 4.54. The normalized spacial score (nSPS) is 13.8. The fourth-order valence-corrected chi connectivity index (χ4v) is 4.61. The van der Waals surface area contributed by atoms with Crippen LogP contribution in [-0.2, 0) is 36.4 Å². The number of nitrogen functional groups attached to an aromatic ring is 1. The minimum Gasteiger partial charge on any atom is -0.383 e. The van der Waals surface area contributed by atoms with Gasteiger partial charge in [-0.2, -0.15) is 4.98 Å². The topological polar surface area (TPSA) is 115 Å². The molecule has 1 aromatic heterocycles. The highest BCUT2D eigenvalue weighted by molar-refractivity contribution is 7.53. The Kier molecular flexibility index (Phi) is 10.4. The SMILES string of the molecule is CCOP(=O)(CC[C@@H](OCn1ccc(N)nc1=O)[C@H](C)OCc1ccccc1)OCC. The molecule has 2 N–H and O–H groups in total. The molecule has 0 aliphatic rings. The van der Waals surface area contributed by atoms with Crippen LogP contribution in [0.5, 0.6) is 0 Å². The summed E-state index contributed by atoms with van der Waals surface area (Å²) in [6, 6.07) is 11.3. The molecule has 1 heterocycles. The van der Waals surface area contributed by atoms with Crippen molar-refractivity contribution in [3.63, 3.8) is 0 Å². The lowest BCUT2D eigenvalue weighted by Crippen LogP contribution is -2.33. The van der Waals surface area contributed by atoms with Crippen LogP contribution in [0, 0.1) is 0 Å². The quantitative estimate of drug-likeness (QED) is 0.433. The Morgan fingerprint density at radius 1 is 1.10 bits per heavy atom. The Morgan fingerprint density at radius 3 is 2.39 bits per heavy atom. The highest BCUT2D eigenvalue weighted by Gasteiger charge is 2.28. The van der Waals surface area contributed by atoms with Gasteiger partial charge in [-0.3, -0.25) is 9.13 Å². The second-order valence-corrected chi connectivity index (χ2v) is 9.08. The maximum atomic E-state index is 12.9. The molecule has 0 fully saturated rings. The zero-order chi connectivity index (χ0) is 22.7. The van der Waals surface area contributed by atoms with Crippen LogP contribution >= 0.6 is 7.60 Å². The van der Waals surface area contributed by atoms with E-state index in [4.69, 9.17) is 24.3 Å². The molecule has 31 heavy (non-hydrogen) atoms. The molecule has 2 rings (SSSR count). The summed E-state index contributed by atoms with van der Waals surface area (Å²) in [5.41, 5.74) is 6.06. The van der Waals surface area contributed by atoms with Gasteiger partial charge in [-0.05, 0) is 38.8 Å². The second kappa shape index (κ2) is 12.7. The molecule has 0 aliphatic heterocycles. The van der Waals surface area contributed by atoms with Gasteiger partial charge in [0, 0.05) is 6.20 Å². The zero-order valence-corrected chi connectivity index (χ0v) is 19.2. The summed E-state index contributed by atoms with van der Waals surface area (Å²) < 4.78 is 36.9. The summed E-state index contributed by atoms with van der Waals surface area (Å²) in [6.07, 6.45) is 1.26. The Hall–Kier alpha value is -2.03. The molecule has 172 valence electrons. The Labute approximate surface area is 183 Å². The van der Waals surface area contributed by atoms with E-state index in [1.54, 1.807) is 13.8 Å². The van der Waals surface area contributed by atoms with Gasteiger partial charge >= 0.3 is 13.3 Å². The maximum absolute atomic E-state index is 12.9. The van der Waals surface area contributed by atoms with Gasteiger partial charge in [-0.25, -0.2) is 4.79 Å². The molecule has 2 atom stereocenters. The van der Waals surface area contributed by atoms with Crippen LogP contribution in [0.25, 0.3) is 0 Å². The Bertz CT molecular complexity index is 882. The first kappa shape index (κ1) is 25.2. The number of nitrogens with zero attached hydrogens (tertiary/aromatic N) is 2. The smallest absolute Gasteiger partial charge is 0.351 e. The van der Waals surface area contributed by atoms with Gasteiger partial charge < -0.3 is 24.3 Å². The van der Waals surface area contributed by atoms with Crippen LogP contribution in [0.2, 0.25) is 0 Å². The lowest BCUT2D eigenvalue weighted by Gasteiger charge is -2.26. The van der Waals surface area contributed by atoms with Crippen molar-refractivity contribution in [3.8, 4) is 0 Å². The second-order valence-electron chi connectivity index (χ2n) is 6.90. The van der Waals surface area contributed by atoms with E-state index >= 15 is 0 Å². The van der Waals surface area contributed by atoms with Crippen LogP contribution in [0.15, 0.2) is 47.4 Å². The summed E-state index contributed by atoms with van der Waals surface area (Å²) >= 11 is 0. The van der Waals surface area contributed by atoms with Crippen LogP contribution in [0.1, 0.15) is 32.8 Å². The molecule has 0 spiro atoms. The molecule has 9 nitrogen and oxygen atoms in total. The molecular weight excluding hydrogens is 421 g/mol. The van der Waals surface area contributed by atoms with Gasteiger partial charge in [0.15, 0.2) is 0 Å². The van der Waals surface area contributed by atoms with Gasteiger partial charge in [-0.15, -0.1) is 0 Å². The number of rotatable bonds is 14. The lowest BCUT2D eigenvalue weighted by molar-refractivity contribution is -0.0932. The predicted molar refractivity (Wildman–Crippen MR) is 119 cm³/mol. The van der Waals surface area contributed by atoms with Gasteiger partial charge in [0.2, 0.25) is 0 Å². The number of benzene rings is 1. The fraction of sp³-hybridized carbons (Fsp3) is 0.524. The Balaban J connectivity index is 2.07. The third kappa shape index (κ3) is 8.55. The summed E-state index contributed by atoms with van der Waals surface area (Å²) in [4.78, 5) is 15.7. The van der Waals surface area contributed by atoms with E-state index in [1.807, 2.05) is 37.3 Å². The minimum atomic E-state index is -3.23. The summed E-state index contributed by atoms with van der Waals surface area (Å²) in [6.45, 7) is 6.36. The van der Waals surface area contributed by atoms with Crippen LogP contribution in [-0.4, -0.2) is 41.1 Å². The summed E-state index contributed by atoms with van der Waals surface area (Å²) in [7, 11) is -3.23. The molecule has 0 bridgehead atoms. The predicted octanol–water partition coefficient (Wildman–Crippen LogP) is 3.43. The summed E-state index contributed by atoms with van der Waals surface area (Å²) in [5.74, 6) is 0.145. The van der Waals surface area contributed by atoms with Gasteiger partial charge in [-0.1, -0.05) is 30.3 Å². The van der Waals surface area contributed by atoms with E-state index in [0.29, 0.717) is 13.0 Å². The minimum absolute atomic E-state index is 0.0383. The number of aromatic nitrogens is 2. The molecule has 0 saturated heterocycles. The van der Waals surface area contributed by atoms with E-state index in [1.165, 1.54) is 16.8 Å². The highest BCUT2D eigenvalue weighted by Crippen LogP contribution is 2.49. The average molecular weight is 453 g/mol. The van der Waals surface area contributed by atoms with E-state index < -0.39 is 19.4 Å². The maximum Gasteiger partial charge on any atom is 0.351 e. The van der Waals surface area contributed by atoms with E-state index in [2.05, 4.69) is 4.98 Å². The Morgan fingerprint density at radius 2 is 1.77 bits per heavy atom. The van der Waals surface area contributed by atoms with Gasteiger partial charge in [0.1, 0.15) is 12.5 Å². The molecule has 0 radical (unpaired) electrons. The highest BCUT2D eigenvalue weighted by atomic mass is 31.2. The average Bonchev–Trinajstić information content (AvgIpc) is 2.74. The largest absolute Gasteiger partial charge is 0.383 e. The van der Waals surface area contributed by atoms with Crippen molar-refractivity contribution in [2.45, 2.75) is 52.7 Å². The van der Waals surface area contributed by atoms with E-state index in [-0.39, 0.29) is 38.0 Å².